The van der Waals surface area contributed by atoms with Gasteiger partial charge in [-0.25, -0.2) is 4.98 Å². The molecule has 1 fully saturated rings. The summed E-state index contributed by atoms with van der Waals surface area (Å²) >= 11 is 7.03. The SMILES string of the molecule is CCCCC1CCN(C(=O)Cn2c(=O)sc3ncc(Cl)cc32)CC1. The first-order valence-corrected chi connectivity index (χ1v) is 9.70. The first-order valence-electron chi connectivity index (χ1n) is 8.51. The van der Waals surface area contributed by atoms with Crippen LogP contribution in [-0.4, -0.2) is 33.4 Å². The zero-order chi connectivity index (χ0) is 17.1. The average Bonchev–Trinajstić information content (AvgIpc) is 2.88. The quantitative estimate of drug-likeness (QED) is 0.812. The molecule has 0 radical (unpaired) electrons. The predicted octanol–water partition coefficient (Wildman–Crippen LogP) is 3.54. The largest absolute Gasteiger partial charge is 0.341 e. The van der Waals surface area contributed by atoms with Crippen LogP contribution in [0.4, 0.5) is 0 Å². The molecule has 2 aromatic heterocycles. The Morgan fingerprint density at radius 2 is 2.17 bits per heavy atom. The molecule has 0 spiro atoms. The Labute approximate surface area is 150 Å². The molecule has 1 saturated heterocycles. The van der Waals surface area contributed by atoms with Gasteiger partial charge < -0.3 is 4.90 Å². The van der Waals surface area contributed by atoms with Crippen LogP contribution in [0.25, 0.3) is 10.3 Å². The molecule has 1 aliphatic heterocycles. The van der Waals surface area contributed by atoms with E-state index in [1.54, 1.807) is 6.07 Å². The second-order valence-corrected chi connectivity index (χ2v) is 7.77. The fourth-order valence-corrected chi connectivity index (χ4v) is 4.24. The number of unbranched alkanes of at least 4 members (excludes halogenated alkanes) is 1. The van der Waals surface area contributed by atoms with Gasteiger partial charge in [-0.1, -0.05) is 49.1 Å². The molecule has 0 saturated carbocycles. The predicted molar refractivity (Wildman–Crippen MR) is 97.7 cm³/mol. The monoisotopic (exact) mass is 367 g/mol. The van der Waals surface area contributed by atoms with Crippen LogP contribution in [-0.2, 0) is 11.3 Å². The van der Waals surface area contributed by atoms with E-state index < -0.39 is 0 Å². The molecule has 3 heterocycles. The number of pyridine rings is 1. The van der Waals surface area contributed by atoms with Crippen LogP contribution < -0.4 is 4.87 Å². The van der Waals surface area contributed by atoms with E-state index >= 15 is 0 Å². The standard InChI is InChI=1S/C17H22ClN3O2S/c1-2-3-4-12-5-7-20(8-6-12)15(22)11-21-14-9-13(18)10-19-16(14)24-17(21)23/h9-10,12H,2-8,11H2,1H3. The highest BCUT2D eigenvalue weighted by molar-refractivity contribution is 7.16. The summed E-state index contributed by atoms with van der Waals surface area (Å²) in [6.07, 6.45) is 7.41. The number of nitrogens with zero attached hydrogens (tertiary/aromatic N) is 3. The van der Waals surface area contributed by atoms with Gasteiger partial charge in [-0.2, -0.15) is 0 Å². The highest BCUT2D eigenvalue weighted by Crippen LogP contribution is 2.23. The van der Waals surface area contributed by atoms with Crippen molar-refractivity contribution in [2.24, 2.45) is 5.92 Å². The van der Waals surface area contributed by atoms with Crippen LogP contribution in [0.1, 0.15) is 39.0 Å². The molecule has 0 unspecified atom stereocenters. The third kappa shape index (κ3) is 3.81. The molecule has 7 heteroatoms. The number of amides is 1. The van der Waals surface area contributed by atoms with Gasteiger partial charge in [0.2, 0.25) is 5.91 Å². The van der Waals surface area contributed by atoms with Gasteiger partial charge in [0.05, 0.1) is 10.5 Å². The highest BCUT2D eigenvalue weighted by atomic mass is 35.5. The van der Waals surface area contributed by atoms with Crippen molar-refractivity contribution >= 4 is 39.2 Å². The third-order valence-electron chi connectivity index (χ3n) is 4.72. The molecule has 1 amide bonds. The third-order valence-corrected chi connectivity index (χ3v) is 5.83. The number of hydrogen-bond donors (Lipinski definition) is 0. The first-order chi connectivity index (χ1) is 11.6. The smallest absolute Gasteiger partial charge is 0.310 e. The minimum Gasteiger partial charge on any atom is -0.341 e. The van der Waals surface area contributed by atoms with Crippen LogP contribution in [0.15, 0.2) is 17.1 Å². The maximum atomic E-state index is 12.6. The van der Waals surface area contributed by atoms with E-state index in [4.69, 9.17) is 11.6 Å². The molecule has 24 heavy (non-hydrogen) atoms. The minimum absolute atomic E-state index is 0.00529. The van der Waals surface area contributed by atoms with E-state index in [-0.39, 0.29) is 17.3 Å². The van der Waals surface area contributed by atoms with Crippen molar-refractivity contribution in [2.45, 2.75) is 45.6 Å². The number of piperidine rings is 1. The summed E-state index contributed by atoms with van der Waals surface area (Å²) in [4.78, 5) is 31.3. The molecule has 0 atom stereocenters. The Morgan fingerprint density at radius 3 is 2.88 bits per heavy atom. The Kier molecular flexibility index (Phi) is 5.56. The van der Waals surface area contributed by atoms with Crippen LogP contribution in [0, 0.1) is 5.92 Å². The van der Waals surface area contributed by atoms with E-state index in [1.165, 1.54) is 30.0 Å². The first kappa shape index (κ1) is 17.4. The normalized spacial score (nSPS) is 16.0. The summed E-state index contributed by atoms with van der Waals surface area (Å²) in [6.45, 7) is 3.87. The summed E-state index contributed by atoms with van der Waals surface area (Å²) in [5.41, 5.74) is 0.642. The van der Waals surface area contributed by atoms with Crippen molar-refractivity contribution in [3.63, 3.8) is 0 Å². The molecule has 0 N–H and O–H groups in total. The average molecular weight is 368 g/mol. The number of halogens is 1. The number of aromatic nitrogens is 2. The van der Waals surface area contributed by atoms with E-state index in [0.29, 0.717) is 15.4 Å². The number of rotatable bonds is 5. The summed E-state index contributed by atoms with van der Waals surface area (Å²) in [6, 6.07) is 1.70. The van der Waals surface area contributed by atoms with Crippen molar-refractivity contribution < 1.29 is 4.79 Å². The molecule has 3 rings (SSSR count). The second-order valence-electron chi connectivity index (χ2n) is 6.40. The number of carbonyl (C=O) groups excluding carboxylic acids is 1. The van der Waals surface area contributed by atoms with Crippen molar-refractivity contribution in [1.29, 1.82) is 0 Å². The van der Waals surface area contributed by atoms with Gasteiger partial charge in [0, 0.05) is 19.3 Å². The van der Waals surface area contributed by atoms with E-state index in [0.717, 1.165) is 43.2 Å². The Balaban J connectivity index is 1.67. The van der Waals surface area contributed by atoms with Crippen LogP contribution in [0.2, 0.25) is 5.02 Å². The number of fused-ring (bicyclic) bond motifs is 1. The zero-order valence-electron chi connectivity index (χ0n) is 13.8. The summed E-state index contributed by atoms with van der Waals surface area (Å²) in [5, 5.41) is 0.471. The highest BCUT2D eigenvalue weighted by Gasteiger charge is 2.23. The molecular weight excluding hydrogens is 346 g/mol. The second kappa shape index (κ2) is 7.66. The maximum Gasteiger partial charge on any atom is 0.310 e. The topological polar surface area (TPSA) is 55.2 Å². The van der Waals surface area contributed by atoms with Gasteiger partial charge in [-0.15, -0.1) is 0 Å². The van der Waals surface area contributed by atoms with Crippen LogP contribution >= 0.6 is 22.9 Å². The summed E-state index contributed by atoms with van der Waals surface area (Å²) in [5.74, 6) is 0.743. The zero-order valence-corrected chi connectivity index (χ0v) is 15.4. The Hall–Kier alpha value is -1.40. The van der Waals surface area contributed by atoms with Gasteiger partial charge in [-0.05, 0) is 24.8 Å². The molecule has 2 aromatic rings. The van der Waals surface area contributed by atoms with E-state index in [2.05, 4.69) is 11.9 Å². The molecule has 130 valence electrons. The molecule has 0 aromatic carbocycles. The van der Waals surface area contributed by atoms with Gasteiger partial charge in [-0.3, -0.25) is 14.2 Å². The lowest BCUT2D eigenvalue weighted by Crippen LogP contribution is -2.41. The van der Waals surface area contributed by atoms with Crippen molar-refractivity contribution in [1.82, 2.24) is 14.5 Å². The lowest BCUT2D eigenvalue weighted by molar-refractivity contribution is -0.133. The fraction of sp³-hybridized carbons (Fsp3) is 0.588. The minimum atomic E-state index is -0.161. The molecule has 5 nitrogen and oxygen atoms in total. The van der Waals surface area contributed by atoms with Crippen molar-refractivity contribution in [2.75, 3.05) is 13.1 Å². The molecule has 0 bridgehead atoms. The Morgan fingerprint density at radius 1 is 1.42 bits per heavy atom. The van der Waals surface area contributed by atoms with Crippen LogP contribution in [0.5, 0.6) is 0 Å². The van der Waals surface area contributed by atoms with Gasteiger partial charge >= 0.3 is 4.87 Å². The van der Waals surface area contributed by atoms with E-state index in [9.17, 15) is 9.59 Å². The van der Waals surface area contributed by atoms with Gasteiger partial charge in [0.25, 0.3) is 0 Å². The molecule has 1 aliphatic rings. The maximum absolute atomic E-state index is 12.6. The number of thiazole rings is 1. The number of carbonyl (C=O) groups is 1. The number of hydrogen-bond acceptors (Lipinski definition) is 4. The molecule has 0 aliphatic carbocycles. The van der Waals surface area contributed by atoms with Crippen molar-refractivity contribution in [3.05, 3.63) is 27.0 Å². The number of likely N-dealkylation sites (tertiary alicyclic amines) is 1. The Bertz CT molecular complexity index is 778. The lowest BCUT2D eigenvalue weighted by Gasteiger charge is -2.32. The lowest BCUT2D eigenvalue weighted by atomic mass is 9.91. The summed E-state index contributed by atoms with van der Waals surface area (Å²) < 4.78 is 1.49. The van der Waals surface area contributed by atoms with Gasteiger partial charge in [0.15, 0.2) is 0 Å². The molecular formula is C17H22ClN3O2S. The van der Waals surface area contributed by atoms with E-state index in [1.807, 2.05) is 4.90 Å². The fourth-order valence-electron chi connectivity index (χ4n) is 3.27. The summed E-state index contributed by atoms with van der Waals surface area (Å²) in [7, 11) is 0. The van der Waals surface area contributed by atoms with Crippen molar-refractivity contribution in [3.8, 4) is 0 Å². The van der Waals surface area contributed by atoms with Crippen LogP contribution in [0.3, 0.4) is 0 Å². The van der Waals surface area contributed by atoms with Gasteiger partial charge in [0.1, 0.15) is 11.4 Å².